The SMILES string of the molecule is C/C(=N\O)c1[c-]cc(O)cc1.CC(NO)=C1[C-]=CC(=O)C=C1.[Cl][Pd+].[Cl][Pd+]. The van der Waals surface area contributed by atoms with E-state index in [9.17, 15) is 4.79 Å². The van der Waals surface area contributed by atoms with E-state index in [1.165, 1.54) is 24.3 Å². The van der Waals surface area contributed by atoms with Crippen molar-refractivity contribution in [2.45, 2.75) is 13.8 Å². The molecule has 0 spiro atoms. The number of ketones is 1. The zero-order valence-corrected chi connectivity index (χ0v) is 18.2. The summed E-state index contributed by atoms with van der Waals surface area (Å²) in [7, 11) is 8.98. The molecule has 0 bridgehead atoms. The molecule has 1 aliphatic carbocycles. The van der Waals surface area contributed by atoms with Crippen LogP contribution in [0.1, 0.15) is 19.4 Å². The molecule has 148 valence electrons. The molecular weight excluding hydrogens is 568 g/mol. The van der Waals surface area contributed by atoms with Gasteiger partial charge in [-0.3, -0.25) is 0 Å². The monoisotopic (exact) mass is 582 g/mol. The summed E-state index contributed by atoms with van der Waals surface area (Å²) in [4.78, 5) is 10.6. The standard InChI is InChI=1S/2C8H8NO2.2ClH.2Pd/c2*1-6(9-11)7-2-4-8(10)5-3-7;;;;/h2,4-5,10-11H,1H3;2,4-5,9,11H,1H3;2*1H;;/q2*-1;;;2*+2/p-2/b9-6+;;;;;. The number of carbonyl (C=O) groups is 1. The van der Waals surface area contributed by atoms with Gasteiger partial charge in [0, 0.05) is 11.5 Å². The van der Waals surface area contributed by atoms with E-state index in [1.807, 2.05) is 5.48 Å². The van der Waals surface area contributed by atoms with E-state index in [0.29, 0.717) is 22.5 Å². The van der Waals surface area contributed by atoms with Gasteiger partial charge in [-0.05, 0) is 5.70 Å². The quantitative estimate of drug-likeness (QED) is 0.140. The molecule has 0 fully saturated rings. The van der Waals surface area contributed by atoms with E-state index in [1.54, 1.807) is 26.0 Å². The second-order valence-electron chi connectivity index (χ2n) is 4.32. The van der Waals surface area contributed by atoms with E-state index < -0.39 is 0 Å². The Kier molecular flexibility index (Phi) is 18.3. The molecular formula is C16H16Cl2N2O4Pd2. The Hall–Kier alpha value is -0.955. The normalized spacial score (nSPS) is 14.0. The fourth-order valence-corrected chi connectivity index (χ4v) is 1.40. The van der Waals surface area contributed by atoms with Crippen LogP contribution in [0.4, 0.5) is 0 Å². The zero-order chi connectivity index (χ0) is 20.5. The number of phenols is 1. The van der Waals surface area contributed by atoms with E-state index in [4.69, 9.17) is 15.5 Å². The van der Waals surface area contributed by atoms with Crippen molar-refractivity contribution in [2.24, 2.45) is 5.16 Å². The van der Waals surface area contributed by atoms with Crippen LogP contribution in [0.2, 0.25) is 0 Å². The first-order valence-corrected chi connectivity index (χ1v) is 10.5. The first-order chi connectivity index (χ1) is 12.5. The van der Waals surface area contributed by atoms with Crippen LogP contribution in [0.25, 0.3) is 0 Å². The van der Waals surface area contributed by atoms with Crippen LogP contribution >= 0.6 is 19.1 Å². The average Bonchev–Trinajstić information content (AvgIpc) is 2.71. The average molecular weight is 584 g/mol. The summed E-state index contributed by atoms with van der Waals surface area (Å²) in [6.45, 7) is 3.35. The topological polar surface area (TPSA) is 102 Å². The van der Waals surface area contributed by atoms with Crippen LogP contribution in [0.15, 0.2) is 52.9 Å². The van der Waals surface area contributed by atoms with Crippen molar-refractivity contribution in [1.29, 1.82) is 0 Å². The molecule has 0 radical (unpaired) electrons. The Balaban J connectivity index is 0. The van der Waals surface area contributed by atoms with Gasteiger partial charge in [0.2, 0.25) is 0 Å². The van der Waals surface area contributed by atoms with Crippen molar-refractivity contribution in [1.82, 2.24) is 5.48 Å². The number of nitrogens with one attached hydrogen (secondary N) is 1. The van der Waals surface area contributed by atoms with Gasteiger partial charge in [0.05, 0.1) is 5.78 Å². The summed E-state index contributed by atoms with van der Waals surface area (Å²) in [5, 5.41) is 28.7. The number of allylic oxidation sites excluding steroid dienone is 6. The third-order valence-electron chi connectivity index (χ3n) is 2.69. The molecule has 1 aliphatic rings. The Labute approximate surface area is 182 Å². The van der Waals surface area contributed by atoms with Gasteiger partial charge in [0.15, 0.2) is 0 Å². The van der Waals surface area contributed by atoms with Gasteiger partial charge in [0.25, 0.3) is 0 Å². The van der Waals surface area contributed by atoms with Crippen LogP contribution in [0.5, 0.6) is 5.75 Å². The van der Waals surface area contributed by atoms with Crippen molar-refractivity contribution in [3.8, 4) is 5.75 Å². The molecule has 0 heterocycles. The molecule has 1 aromatic carbocycles. The van der Waals surface area contributed by atoms with Gasteiger partial charge < -0.3 is 25.8 Å². The van der Waals surface area contributed by atoms with Gasteiger partial charge in [-0.25, -0.2) is 0 Å². The summed E-state index contributed by atoms with van der Waals surface area (Å²) in [5.41, 5.74) is 4.39. The van der Waals surface area contributed by atoms with Gasteiger partial charge >= 0.3 is 55.4 Å². The number of hydrogen-bond donors (Lipinski definition) is 4. The maximum atomic E-state index is 10.6. The maximum absolute atomic E-state index is 10.6. The number of hydroxylamine groups is 1. The predicted molar refractivity (Wildman–Crippen MR) is 92.2 cm³/mol. The molecule has 0 aliphatic heterocycles. The Bertz CT molecular complexity index is 643. The van der Waals surface area contributed by atoms with Crippen LogP contribution in [-0.4, -0.2) is 27.0 Å². The van der Waals surface area contributed by atoms with Gasteiger partial charge in [-0.2, -0.15) is 0 Å². The first kappa shape index (κ1) is 27.3. The molecule has 6 nitrogen and oxygen atoms in total. The molecule has 0 unspecified atom stereocenters. The van der Waals surface area contributed by atoms with Crippen LogP contribution in [0, 0.1) is 12.1 Å². The zero-order valence-electron chi connectivity index (χ0n) is 13.5. The van der Waals surface area contributed by atoms with Crippen LogP contribution in [-0.2, 0) is 41.2 Å². The molecule has 4 N–H and O–H groups in total. The number of hydrogen-bond acceptors (Lipinski definition) is 6. The van der Waals surface area contributed by atoms with Crippen LogP contribution < -0.4 is 5.48 Å². The number of oxime groups is 1. The number of aromatic hydroxyl groups is 1. The van der Waals surface area contributed by atoms with E-state index >= 15 is 0 Å². The summed E-state index contributed by atoms with van der Waals surface area (Å²) in [6, 6.07) is 7.31. The summed E-state index contributed by atoms with van der Waals surface area (Å²) in [6.07, 6.45) is 7.07. The molecule has 0 amide bonds. The fourth-order valence-electron chi connectivity index (χ4n) is 1.40. The number of halogens is 2. The molecule has 0 saturated heterocycles. The summed E-state index contributed by atoms with van der Waals surface area (Å²) < 4.78 is 0. The van der Waals surface area contributed by atoms with Crippen molar-refractivity contribution < 1.29 is 56.7 Å². The van der Waals surface area contributed by atoms with Crippen molar-refractivity contribution >= 4 is 30.6 Å². The number of benzene rings is 1. The van der Waals surface area contributed by atoms with E-state index in [2.05, 4.69) is 72.7 Å². The fraction of sp³-hybridized carbons (Fsp3) is 0.125. The van der Waals surface area contributed by atoms with Crippen molar-refractivity contribution in [3.63, 3.8) is 0 Å². The van der Waals surface area contributed by atoms with Crippen molar-refractivity contribution in [3.05, 3.63) is 65.4 Å². The number of carbonyl (C=O) groups excluding carboxylic acids is 1. The summed E-state index contributed by atoms with van der Waals surface area (Å²) in [5.74, 6) is 0.0685. The first-order valence-electron chi connectivity index (χ1n) is 6.54. The minimum absolute atomic E-state index is 0.0838. The van der Waals surface area contributed by atoms with Gasteiger partial charge in [-0.15, -0.1) is 58.8 Å². The summed E-state index contributed by atoms with van der Waals surface area (Å²) >= 11 is 4.44. The molecule has 0 atom stereocenters. The third-order valence-corrected chi connectivity index (χ3v) is 2.69. The van der Waals surface area contributed by atoms with E-state index in [-0.39, 0.29) is 11.5 Å². The molecule has 10 heteroatoms. The number of phenolic OH excluding ortho intramolecular Hbond substituents is 1. The second kappa shape index (κ2) is 17.5. The molecule has 26 heavy (non-hydrogen) atoms. The number of nitrogens with zero attached hydrogens (tertiary/aromatic N) is 1. The second-order valence-corrected chi connectivity index (χ2v) is 4.32. The number of rotatable bonds is 2. The predicted octanol–water partition coefficient (Wildman–Crippen LogP) is 3.50. The van der Waals surface area contributed by atoms with Crippen LogP contribution in [0.3, 0.4) is 0 Å². The molecule has 2 rings (SSSR count). The molecule has 0 saturated carbocycles. The van der Waals surface area contributed by atoms with E-state index in [0.717, 1.165) is 0 Å². The molecule has 0 aromatic heterocycles. The Morgan fingerprint density at radius 1 is 1.19 bits per heavy atom. The Morgan fingerprint density at radius 3 is 2.19 bits per heavy atom. The minimum atomic E-state index is -0.0838. The van der Waals surface area contributed by atoms with Gasteiger partial charge in [-0.1, -0.05) is 19.9 Å². The third kappa shape index (κ3) is 11.6. The van der Waals surface area contributed by atoms with Crippen molar-refractivity contribution in [2.75, 3.05) is 0 Å². The Morgan fingerprint density at radius 2 is 1.81 bits per heavy atom. The molecule has 1 aromatic rings. The van der Waals surface area contributed by atoms with Gasteiger partial charge in [0.1, 0.15) is 0 Å².